The highest BCUT2D eigenvalue weighted by molar-refractivity contribution is 7.07. The number of benzene rings is 1. The highest BCUT2D eigenvalue weighted by atomic mass is 35.5. The molecule has 1 N–H and O–H groups in total. The summed E-state index contributed by atoms with van der Waals surface area (Å²) >= 11 is 7.67. The van der Waals surface area contributed by atoms with Crippen LogP contribution in [0, 0.1) is 5.82 Å². The number of nitrogens with zero attached hydrogens (tertiary/aromatic N) is 1. The van der Waals surface area contributed by atoms with Crippen LogP contribution in [0.5, 0.6) is 0 Å². The van der Waals surface area contributed by atoms with E-state index in [1.807, 2.05) is 0 Å². The van der Waals surface area contributed by atoms with Gasteiger partial charge in [0, 0.05) is 6.54 Å². The van der Waals surface area contributed by atoms with Gasteiger partial charge in [-0.1, -0.05) is 24.4 Å². The summed E-state index contributed by atoms with van der Waals surface area (Å²) in [5.41, 5.74) is 1.54. The molecule has 1 fully saturated rings. The first-order chi connectivity index (χ1) is 12.1. The van der Waals surface area contributed by atoms with Crippen molar-refractivity contribution in [1.82, 2.24) is 10.2 Å². The molecule has 1 aliphatic heterocycles. The van der Waals surface area contributed by atoms with Crippen LogP contribution < -0.4 is 5.32 Å². The smallest absolute Gasteiger partial charge is 0.252 e. The number of halogens is 2. The minimum Gasteiger partial charge on any atom is -0.350 e. The summed E-state index contributed by atoms with van der Waals surface area (Å²) in [6, 6.07) is 6.14. The standard InChI is InChI=1S/C19H22ClFN2OS/c20-17-11-15(21)5-6-16(17)19(24)22-12-18(14-7-10-25-13-14)23-8-3-1-2-4-9-23/h5-7,10-11,13,18H,1-4,8-9,12H2,(H,22,24). The van der Waals surface area contributed by atoms with E-state index >= 15 is 0 Å². The molecule has 3 nitrogen and oxygen atoms in total. The number of rotatable bonds is 5. The molecular weight excluding hydrogens is 359 g/mol. The lowest BCUT2D eigenvalue weighted by atomic mass is 10.1. The third kappa shape index (κ3) is 4.81. The monoisotopic (exact) mass is 380 g/mol. The Kier molecular flexibility index (Phi) is 6.45. The van der Waals surface area contributed by atoms with E-state index in [0.717, 1.165) is 13.1 Å². The zero-order valence-corrected chi connectivity index (χ0v) is 15.6. The summed E-state index contributed by atoms with van der Waals surface area (Å²) in [5, 5.41) is 7.33. The third-order valence-corrected chi connectivity index (χ3v) is 5.66. The Bertz CT molecular complexity index is 699. The molecule has 25 heavy (non-hydrogen) atoms. The second-order valence-corrected chi connectivity index (χ2v) is 7.54. The Morgan fingerprint density at radius 2 is 2.00 bits per heavy atom. The van der Waals surface area contributed by atoms with E-state index in [-0.39, 0.29) is 17.0 Å². The maximum Gasteiger partial charge on any atom is 0.252 e. The normalized spacial score (nSPS) is 17.0. The SMILES string of the molecule is O=C(NCC(c1ccsc1)N1CCCCCC1)c1ccc(F)cc1Cl. The Morgan fingerprint density at radius 1 is 1.24 bits per heavy atom. The van der Waals surface area contributed by atoms with Crippen LogP contribution in [0.1, 0.15) is 47.6 Å². The molecule has 1 aromatic heterocycles. The van der Waals surface area contributed by atoms with Gasteiger partial charge in [0.2, 0.25) is 0 Å². The minimum absolute atomic E-state index is 0.138. The molecule has 0 radical (unpaired) electrons. The molecule has 1 amide bonds. The van der Waals surface area contributed by atoms with Crippen molar-refractivity contribution in [2.45, 2.75) is 31.7 Å². The molecular formula is C19H22ClFN2OS. The average molecular weight is 381 g/mol. The van der Waals surface area contributed by atoms with E-state index in [4.69, 9.17) is 11.6 Å². The van der Waals surface area contributed by atoms with Gasteiger partial charge >= 0.3 is 0 Å². The average Bonchev–Trinajstić information content (AvgIpc) is 2.98. The molecule has 6 heteroatoms. The summed E-state index contributed by atoms with van der Waals surface area (Å²) in [5.74, 6) is -0.706. The number of thiophene rings is 1. The van der Waals surface area contributed by atoms with E-state index < -0.39 is 5.82 Å². The van der Waals surface area contributed by atoms with Gasteiger partial charge in [0.05, 0.1) is 16.6 Å². The maximum absolute atomic E-state index is 13.2. The highest BCUT2D eigenvalue weighted by Crippen LogP contribution is 2.26. The van der Waals surface area contributed by atoms with Crippen LogP contribution in [0.4, 0.5) is 4.39 Å². The molecule has 0 aliphatic carbocycles. The fourth-order valence-electron chi connectivity index (χ4n) is 3.29. The molecule has 0 saturated carbocycles. The van der Waals surface area contributed by atoms with Crippen LogP contribution in [0.25, 0.3) is 0 Å². The van der Waals surface area contributed by atoms with Crippen LogP contribution >= 0.6 is 22.9 Å². The molecule has 1 unspecified atom stereocenters. The van der Waals surface area contributed by atoms with Crippen molar-refractivity contribution in [3.63, 3.8) is 0 Å². The number of nitrogens with one attached hydrogen (secondary N) is 1. The van der Waals surface area contributed by atoms with E-state index in [1.165, 1.54) is 49.4 Å². The molecule has 0 spiro atoms. The fourth-order valence-corrected chi connectivity index (χ4v) is 4.25. The van der Waals surface area contributed by atoms with Gasteiger partial charge < -0.3 is 5.32 Å². The van der Waals surface area contributed by atoms with Crippen LogP contribution in [-0.2, 0) is 0 Å². The Hall–Kier alpha value is -1.43. The van der Waals surface area contributed by atoms with Crippen molar-refractivity contribution in [2.75, 3.05) is 19.6 Å². The summed E-state index contributed by atoms with van der Waals surface area (Å²) in [6.45, 7) is 2.62. The number of hydrogen-bond donors (Lipinski definition) is 1. The first-order valence-electron chi connectivity index (χ1n) is 8.64. The number of carbonyl (C=O) groups excluding carboxylic acids is 1. The Balaban J connectivity index is 1.70. The van der Waals surface area contributed by atoms with E-state index in [9.17, 15) is 9.18 Å². The van der Waals surface area contributed by atoms with Crippen molar-refractivity contribution in [2.24, 2.45) is 0 Å². The van der Waals surface area contributed by atoms with Crippen LogP contribution in [0.15, 0.2) is 35.0 Å². The largest absolute Gasteiger partial charge is 0.350 e. The lowest BCUT2D eigenvalue weighted by Gasteiger charge is -2.30. The molecule has 2 heterocycles. The second-order valence-electron chi connectivity index (χ2n) is 6.36. The Morgan fingerprint density at radius 3 is 2.64 bits per heavy atom. The maximum atomic E-state index is 13.2. The van der Waals surface area contributed by atoms with Gasteiger partial charge in [-0.2, -0.15) is 11.3 Å². The van der Waals surface area contributed by atoms with E-state index in [0.29, 0.717) is 12.1 Å². The number of amides is 1. The molecule has 3 rings (SSSR count). The second kappa shape index (κ2) is 8.79. The van der Waals surface area contributed by atoms with Crippen LogP contribution in [0.2, 0.25) is 5.02 Å². The molecule has 1 aliphatic rings. The minimum atomic E-state index is -0.442. The molecule has 2 aromatic rings. The first-order valence-corrected chi connectivity index (χ1v) is 9.96. The Labute approximate surface area is 156 Å². The van der Waals surface area contributed by atoms with E-state index in [1.54, 1.807) is 11.3 Å². The fraction of sp³-hybridized carbons (Fsp3) is 0.421. The van der Waals surface area contributed by atoms with Crippen molar-refractivity contribution >= 4 is 28.8 Å². The predicted octanol–water partition coefficient (Wildman–Crippen LogP) is 4.89. The van der Waals surface area contributed by atoms with Crippen LogP contribution in [-0.4, -0.2) is 30.4 Å². The van der Waals surface area contributed by atoms with Crippen molar-refractivity contribution in [3.05, 3.63) is 57.0 Å². The quantitative estimate of drug-likeness (QED) is 0.801. The molecule has 0 bridgehead atoms. The molecule has 134 valence electrons. The summed E-state index contributed by atoms with van der Waals surface area (Å²) in [7, 11) is 0. The molecule has 1 atom stereocenters. The predicted molar refractivity (Wildman–Crippen MR) is 101 cm³/mol. The van der Waals surface area contributed by atoms with Gasteiger partial charge in [0.25, 0.3) is 5.91 Å². The van der Waals surface area contributed by atoms with Gasteiger partial charge in [0.1, 0.15) is 5.82 Å². The number of likely N-dealkylation sites (tertiary alicyclic amines) is 1. The van der Waals surface area contributed by atoms with Crippen molar-refractivity contribution < 1.29 is 9.18 Å². The van der Waals surface area contributed by atoms with E-state index in [2.05, 4.69) is 27.0 Å². The van der Waals surface area contributed by atoms with Crippen molar-refractivity contribution in [3.8, 4) is 0 Å². The highest BCUT2D eigenvalue weighted by Gasteiger charge is 2.23. The summed E-state index contributed by atoms with van der Waals surface area (Å²) < 4.78 is 13.2. The van der Waals surface area contributed by atoms with Gasteiger partial charge in [0.15, 0.2) is 0 Å². The summed E-state index contributed by atoms with van der Waals surface area (Å²) in [6.07, 6.45) is 4.92. The summed E-state index contributed by atoms with van der Waals surface area (Å²) in [4.78, 5) is 14.9. The lowest BCUT2D eigenvalue weighted by Crippen LogP contribution is -2.38. The lowest BCUT2D eigenvalue weighted by molar-refractivity contribution is 0.0933. The van der Waals surface area contributed by atoms with Gasteiger partial charge in [-0.25, -0.2) is 4.39 Å². The first kappa shape index (κ1) is 18.4. The van der Waals surface area contributed by atoms with Gasteiger partial charge in [-0.05, 0) is 66.5 Å². The number of carbonyl (C=O) groups is 1. The molecule has 1 aromatic carbocycles. The van der Waals surface area contributed by atoms with Crippen LogP contribution in [0.3, 0.4) is 0 Å². The third-order valence-electron chi connectivity index (χ3n) is 4.64. The number of hydrogen-bond acceptors (Lipinski definition) is 3. The zero-order chi connectivity index (χ0) is 17.6. The topological polar surface area (TPSA) is 32.3 Å². The molecule has 1 saturated heterocycles. The zero-order valence-electron chi connectivity index (χ0n) is 14.0. The van der Waals surface area contributed by atoms with Crippen molar-refractivity contribution in [1.29, 1.82) is 0 Å². The van der Waals surface area contributed by atoms with Gasteiger partial charge in [-0.3, -0.25) is 9.69 Å². The van der Waals surface area contributed by atoms with Gasteiger partial charge in [-0.15, -0.1) is 0 Å².